The molecule has 1 aliphatic heterocycles. The van der Waals surface area contributed by atoms with Gasteiger partial charge >= 0.3 is 0 Å². The zero-order valence-corrected chi connectivity index (χ0v) is 13.2. The first-order valence-electron chi connectivity index (χ1n) is 7.48. The standard InChI is InChI=1S/C16H23BrN2/c1-11(18)14-10-13(17)7-8-16(14)19-9-3-5-12-4-2-6-15(12)19/h7-8,10-12,15H,2-6,9,18H2,1H3. The van der Waals surface area contributed by atoms with E-state index >= 15 is 0 Å². The SMILES string of the molecule is CC(N)c1cc(Br)ccc1N1CCCC2CCCC21. The van der Waals surface area contributed by atoms with E-state index in [-0.39, 0.29) is 6.04 Å². The topological polar surface area (TPSA) is 29.3 Å². The molecule has 3 heteroatoms. The average Bonchev–Trinajstić information content (AvgIpc) is 2.86. The molecule has 1 saturated heterocycles. The average molecular weight is 323 g/mol. The van der Waals surface area contributed by atoms with Gasteiger partial charge in [-0.1, -0.05) is 22.4 Å². The van der Waals surface area contributed by atoms with Crippen molar-refractivity contribution in [1.29, 1.82) is 0 Å². The van der Waals surface area contributed by atoms with Gasteiger partial charge in [0, 0.05) is 28.8 Å². The Kier molecular flexibility index (Phi) is 3.86. The van der Waals surface area contributed by atoms with Crippen LogP contribution in [0.4, 0.5) is 5.69 Å². The lowest BCUT2D eigenvalue weighted by atomic mass is 9.90. The van der Waals surface area contributed by atoms with E-state index in [0.717, 1.165) is 16.4 Å². The molecule has 3 atom stereocenters. The lowest BCUT2D eigenvalue weighted by Crippen LogP contribution is -2.43. The molecule has 2 nitrogen and oxygen atoms in total. The number of hydrogen-bond donors (Lipinski definition) is 1. The normalized spacial score (nSPS) is 28.3. The van der Waals surface area contributed by atoms with E-state index in [1.165, 1.54) is 49.9 Å². The molecule has 2 N–H and O–H groups in total. The summed E-state index contributed by atoms with van der Waals surface area (Å²) in [4.78, 5) is 2.65. The molecule has 1 aromatic rings. The number of fused-ring (bicyclic) bond motifs is 1. The van der Waals surface area contributed by atoms with Gasteiger partial charge in [-0.25, -0.2) is 0 Å². The van der Waals surface area contributed by atoms with Crippen molar-refractivity contribution in [3.63, 3.8) is 0 Å². The fourth-order valence-corrected chi connectivity index (χ4v) is 4.28. The molecule has 0 bridgehead atoms. The summed E-state index contributed by atoms with van der Waals surface area (Å²) in [5.41, 5.74) is 8.83. The number of nitrogens with two attached hydrogens (primary N) is 1. The molecule has 2 fully saturated rings. The minimum absolute atomic E-state index is 0.0919. The van der Waals surface area contributed by atoms with Crippen LogP contribution >= 0.6 is 15.9 Å². The summed E-state index contributed by atoms with van der Waals surface area (Å²) in [6, 6.07) is 7.45. The number of piperidine rings is 1. The number of hydrogen-bond acceptors (Lipinski definition) is 2. The van der Waals surface area contributed by atoms with Crippen molar-refractivity contribution >= 4 is 21.6 Å². The summed E-state index contributed by atoms with van der Waals surface area (Å²) >= 11 is 3.57. The molecular weight excluding hydrogens is 300 g/mol. The van der Waals surface area contributed by atoms with E-state index in [0.29, 0.717) is 0 Å². The van der Waals surface area contributed by atoms with Gasteiger partial charge in [0.25, 0.3) is 0 Å². The van der Waals surface area contributed by atoms with Crippen molar-refractivity contribution in [3.8, 4) is 0 Å². The first-order chi connectivity index (χ1) is 9.16. The number of nitrogens with zero attached hydrogens (tertiary/aromatic N) is 1. The van der Waals surface area contributed by atoms with Gasteiger partial charge in [0.1, 0.15) is 0 Å². The van der Waals surface area contributed by atoms with E-state index in [1.54, 1.807) is 0 Å². The highest BCUT2D eigenvalue weighted by atomic mass is 79.9. The molecule has 3 rings (SSSR count). The number of rotatable bonds is 2. The van der Waals surface area contributed by atoms with E-state index in [4.69, 9.17) is 5.73 Å². The Morgan fingerprint density at radius 3 is 2.84 bits per heavy atom. The predicted octanol–water partition coefficient (Wildman–Crippen LogP) is 4.24. The highest BCUT2D eigenvalue weighted by Gasteiger charge is 2.35. The lowest BCUT2D eigenvalue weighted by Gasteiger charge is -2.41. The first-order valence-corrected chi connectivity index (χ1v) is 8.28. The molecule has 19 heavy (non-hydrogen) atoms. The van der Waals surface area contributed by atoms with Crippen molar-refractivity contribution in [1.82, 2.24) is 0 Å². The summed E-state index contributed by atoms with van der Waals surface area (Å²) in [5.74, 6) is 0.915. The molecule has 1 saturated carbocycles. The highest BCUT2D eigenvalue weighted by Crippen LogP contribution is 2.41. The maximum atomic E-state index is 6.18. The maximum absolute atomic E-state index is 6.18. The summed E-state index contributed by atoms with van der Waals surface area (Å²) in [6.45, 7) is 3.28. The maximum Gasteiger partial charge on any atom is 0.0417 e. The minimum atomic E-state index is 0.0919. The largest absolute Gasteiger partial charge is 0.368 e. The molecule has 0 radical (unpaired) electrons. The molecule has 0 aromatic heterocycles. The minimum Gasteiger partial charge on any atom is -0.368 e. The van der Waals surface area contributed by atoms with Crippen LogP contribution in [-0.2, 0) is 0 Å². The molecular formula is C16H23BrN2. The van der Waals surface area contributed by atoms with Gasteiger partial charge in [-0.2, -0.15) is 0 Å². The number of anilines is 1. The van der Waals surface area contributed by atoms with Crippen LogP contribution in [0.25, 0.3) is 0 Å². The molecule has 0 spiro atoms. The third-order valence-electron chi connectivity index (χ3n) is 4.78. The Morgan fingerprint density at radius 1 is 1.26 bits per heavy atom. The van der Waals surface area contributed by atoms with Gasteiger partial charge in [-0.3, -0.25) is 0 Å². The highest BCUT2D eigenvalue weighted by molar-refractivity contribution is 9.10. The molecule has 104 valence electrons. The Bertz CT molecular complexity index is 458. The van der Waals surface area contributed by atoms with Crippen LogP contribution in [0, 0.1) is 5.92 Å². The second kappa shape index (κ2) is 5.45. The van der Waals surface area contributed by atoms with Gasteiger partial charge < -0.3 is 10.6 Å². The van der Waals surface area contributed by atoms with Crippen molar-refractivity contribution in [3.05, 3.63) is 28.2 Å². The Hall–Kier alpha value is -0.540. The molecule has 1 aliphatic carbocycles. The Balaban J connectivity index is 1.96. The van der Waals surface area contributed by atoms with Crippen molar-refractivity contribution < 1.29 is 0 Å². The quantitative estimate of drug-likeness (QED) is 0.882. The number of benzene rings is 1. The van der Waals surface area contributed by atoms with Crippen molar-refractivity contribution in [2.75, 3.05) is 11.4 Å². The first kappa shape index (κ1) is 13.4. The molecule has 0 amide bonds. The van der Waals surface area contributed by atoms with E-state index in [9.17, 15) is 0 Å². The third kappa shape index (κ3) is 2.55. The van der Waals surface area contributed by atoms with Crippen LogP contribution in [0.5, 0.6) is 0 Å². The second-order valence-electron chi connectivity index (χ2n) is 6.09. The predicted molar refractivity (Wildman–Crippen MR) is 84.5 cm³/mol. The second-order valence-corrected chi connectivity index (χ2v) is 7.00. The van der Waals surface area contributed by atoms with Crippen LogP contribution in [0.1, 0.15) is 50.6 Å². The van der Waals surface area contributed by atoms with Crippen molar-refractivity contribution in [2.45, 2.75) is 51.1 Å². The number of halogens is 1. The van der Waals surface area contributed by atoms with Gasteiger partial charge in [-0.15, -0.1) is 0 Å². The summed E-state index contributed by atoms with van der Waals surface area (Å²) in [6.07, 6.45) is 6.93. The van der Waals surface area contributed by atoms with Gasteiger partial charge in [0.05, 0.1) is 0 Å². The van der Waals surface area contributed by atoms with E-state index < -0.39 is 0 Å². The monoisotopic (exact) mass is 322 g/mol. The Morgan fingerprint density at radius 2 is 2.05 bits per heavy atom. The van der Waals surface area contributed by atoms with Crippen LogP contribution in [-0.4, -0.2) is 12.6 Å². The molecule has 1 aromatic carbocycles. The fraction of sp³-hybridized carbons (Fsp3) is 0.625. The van der Waals surface area contributed by atoms with Gasteiger partial charge in [-0.05, 0) is 62.3 Å². The zero-order valence-electron chi connectivity index (χ0n) is 11.6. The van der Waals surface area contributed by atoms with E-state index in [2.05, 4.69) is 46.0 Å². The fourth-order valence-electron chi connectivity index (χ4n) is 3.90. The zero-order chi connectivity index (χ0) is 13.4. The summed E-state index contributed by atoms with van der Waals surface area (Å²) in [5, 5.41) is 0. The summed E-state index contributed by atoms with van der Waals surface area (Å²) < 4.78 is 1.13. The molecule has 2 aliphatic rings. The molecule has 3 unspecified atom stereocenters. The molecule has 1 heterocycles. The third-order valence-corrected chi connectivity index (χ3v) is 5.28. The Labute approximate surface area is 124 Å². The van der Waals surface area contributed by atoms with Crippen molar-refractivity contribution in [2.24, 2.45) is 11.7 Å². The lowest BCUT2D eigenvalue weighted by molar-refractivity contribution is 0.361. The van der Waals surface area contributed by atoms with Crippen LogP contribution in [0.2, 0.25) is 0 Å². The van der Waals surface area contributed by atoms with Crippen LogP contribution < -0.4 is 10.6 Å². The van der Waals surface area contributed by atoms with E-state index in [1.807, 2.05) is 0 Å². The van der Waals surface area contributed by atoms with Crippen LogP contribution in [0.15, 0.2) is 22.7 Å². The van der Waals surface area contributed by atoms with Crippen LogP contribution in [0.3, 0.4) is 0 Å². The van der Waals surface area contributed by atoms with Gasteiger partial charge in [0.15, 0.2) is 0 Å². The smallest absolute Gasteiger partial charge is 0.0417 e. The summed E-state index contributed by atoms with van der Waals surface area (Å²) in [7, 11) is 0. The van der Waals surface area contributed by atoms with Gasteiger partial charge in [0.2, 0.25) is 0 Å².